The largest absolute Gasteiger partial charge is 0.618 e. The minimum absolute atomic E-state index is 0.300. The predicted molar refractivity (Wildman–Crippen MR) is 57.4 cm³/mol. The fourth-order valence-electron chi connectivity index (χ4n) is 0.993. The lowest BCUT2D eigenvalue weighted by molar-refractivity contribution is -0.645. The van der Waals surface area contributed by atoms with Crippen LogP contribution in [0.5, 0.6) is 0 Å². The summed E-state index contributed by atoms with van der Waals surface area (Å²) in [6.45, 7) is 3.83. The zero-order chi connectivity index (χ0) is 11.3. The predicted octanol–water partition coefficient (Wildman–Crippen LogP) is 1.36. The van der Waals surface area contributed by atoms with Gasteiger partial charge in [-0.25, -0.2) is 0 Å². The highest BCUT2D eigenvalue weighted by molar-refractivity contribution is 8.00. The van der Waals surface area contributed by atoms with Crippen LogP contribution in [0.3, 0.4) is 0 Å². The number of thioether (sulfide) groups is 1. The highest BCUT2D eigenvalue weighted by Gasteiger charge is 2.19. The molecule has 0 saturated carbocycles. The molecular weight excluding hydrogens is 214 g/mol. The van der Waals surface area contributed by atoms with Gasteiger partial charge in [0.15, 0.2) is 6.20 Å². The Hall–Kier alpha value is -1.23. The zero-order valence-electron chi connectivity index (χ0n) is 8.67. The maximum atomic E-state index is 11.3. The minimum atomic E-state index is -0.368. The summed E-state index contributed by atoms with van der Waals surface area (Å²) >= 11 is 1.19. The van der Waals surface area contributed by atoms with Crippen molar-refractivity contribution >= 4 is 17.7 Å². The van der Waals surface area contributed by atoms with Gasteiger partial charge < -0.3 is 9.94 Å². The number of rotatable bonds is 4. The van der Waals surface area contributed by atoms with Gasteiger partial charge in [0, 0.05) is 12.1 Å². The molecule has 1 atom stereocenters. The minimum Gasteiger partial charge on any atom is -0.618 e. The van der Waals surface area contributed by atoms with Gasteiger partial charge in [0.25, 0.3) is 5.03 Å². The van der Waals surface area contributed by atoms with Crippen LogP contribution in [0.1, 0.15) is 13.8 Å². The first-order valence-electron chi connectivity index (χ1n) is 4.66. The summed E-state index contributed by atoms with van der Waals surface area (Å²) in [6, 6.07) is 5.08. The van der Waals surface area contributed by atoms with Crippen LogP contribution in [0.2, 0.25) is 0 Å². The fraction of sp³-hybridized carbons (Fsp3) is 0.400. The van der Waals surface area contributed by atoms with Crippen molar-refractivity contribution < 1.29 is 14.3 Å². The molecule has 1 rings (SSSR count). The average molecular weight is 227 g/mol. The Bertz CT molecular complexity index is 343. The van der Waals surface area contributed by atoms with Crippen molar-refractivity contribution in [3.63, 3.8) is 0 Å². The molecule has 82 valence electrons. The SMILES string of the molecule is CCOC(=O)[C@H](C)Sc1cccc[n+]1[O-]. The van der Waals surface area contributed by atoms with E-state index in [2.05, 4.69) is 0 Å². The number of pyridine rings is 1. The topological polar surface area (TPSA) is 53.2 Å². The van der Waals surface area contributed by atoms with E-state index in [4.69, 9.17) is 4.74 Å². The van der Waals surface area contributed by atoms with Crippen molar-refractivity contribution in [3.8, 4) is 0 Å². The van der Waals surface area contributed by atoms with Gasteiger partial charge in [-0.15, -0.1) is 0 Å². The van der Waals surface area contributed by atoms with Gasteiger partial charge in [-0.3, -0.25) is 4.79 Å². The molecule has 0 aliphatic carbocycles. The molecule has 0 radical (unpaired) electrons. The first kappa shape index (κ1) is 11.8. The number of hydrogen-bond acceptors (Lipinski definition) is 4. The van der Waals surface area contributed by atoms with Crippen LogP contribution < -0.4 is 4.73 Å². The van der Waals surface area contributed by atoms with Crippen molar-refractivity contribution in [3.05, 3.63) is 29.6 Å². The van der Waals surface area contributed by atoms with E-state index in [0.29, 0.717) is 11.6 Å². The summed E-state index contributed by atoms with van der Waals surface area (Å²) in [5.74, 6) is -0.300. The highest BCUT2D eigenvalue weighted by Crippen LogP contribution is 2.20. The Morgan fingerprint density at radius 2 is 2.40 bits per heavy atom. The normalized spacial score (nSPS) is 12.1. The zero-order valence-corrected chi connectivity index (χ0v) is 9.49. The third-order valence-corrected chi connectivity index (χ3v) is 2.81. The van der Waals surface area contributed by atoms with Crippen LogP contribution in [-0.4, -0.2) is 17.8 Å². The number of aromatic nitrogens is 1. The van der Waals surface area contributed by atoms with Gasteiger partial charge in [0.2, 0.25) is 0 Å². The molecule has 0 aliphatic rings. The summed E-state index contributed by atoms with van der Waals surface area (Å²) in [6.07, 6.45) is 1.40. The van der Waals surface area contributed by atoms with E-state index in [1.165, 1.54) is 18.0 Å². The molecule has 0 bridgehead atoms. The monoisotopic (exact) mass is 227 g/mol. The third kappa shape index (κ3) is 3.43. The second kappa shape index (κ2) is 5.60. The Balaban J connectivity index is 2.62. The number of esters is 1. The maximum Gasteiger partial charge on any atom is 0.319 e. The van der Waals surface area contributed by atoms with Crippen molar-refractivity contribution in [1.29, 1.82) is 0 Å². The van der Waals surface area contributed by atoms with E-state index < -0.39 is 0 Å². The Morgan fingerprint density at radius 3 is 3.00 bits per heavy atom. The standard InChI is InChI=1S/C10H13NO3S/c1-3-14-10(12)8(2)15-9-6-4-5-7-11(9)13/h4-8H,3H2,1-2H3/t8-/m0/s1. The summed E-state index contributed by atoms with van der Waals surface area (Å²) < 4.78 is 5.58. The van der Waals surface area contributed by atoms with Crippen LogP contribution in [0.25, 0.3) is 0 Å². The third-order valence-electron chi connectivity index (χ3n) is 1.70. The number of carbonyl (C=O) groups is 1. The summed E-state index contributed by atoms with van der Waals surface area (Å²) in [5, 5.41) is 11.4. The Morgan fingerprint density at radius 1 is 1.67 bits per heavy atom. The molecule has 0 fully saturated rings. The van der Waals surface area contributed by atoms with Crippen LogP contribution in [0.4, 0.5) is 0 Å². The molecule has 0 saturated heterocycles. The van der Waals surface area contributed by atoms with Gasteiger partial charge in [-0.2, -0.15) is 4.73 Å². The maximum absolute atomic E-state index is 11.3. The lowest BCUT2D eigenvalue weighted by Gasteiger charge is -2.09. The van der Waals surface area contributed by atoms with E-state index in [1.54, 1.807) is 32.0 Å². The summed E-state index contributed by atoms with van der Waals surface area (Å²) in [7, 11) is 0. The molecule has 0 N–H and O–H groups in total. The number of hydrogen-bond donors (Lipinski definition) is 0. The van der Waals surface area contributed by atoms with Crippen molar-refractivity contribution in [1.82, 2.24) is 0 Å². The molecule has 1 aromatic heterocycles. The molecule has 0 amide bonds. The quantitative estimate of drug-likeness (QED) is 0.337. The van der Waals surface area contributed by atoms with Crippen molar-refractivity contribution in [2.45, 2.75) is 24.1 Å². The molecular formula is C10H13NO3S. The van der Waals surface area contributed by atoms with E-state index in [9.17, 15) is 10.0 Å². The van der Waals surface area contributed by atoms with Crippen LogP contribution >= 0.6 is 11.8 Å². The van der Waals surface area contributed by atoms with Gasteiger partial charge in [0.1, 0.15) is 5.25 Å². The molecule has 0 spiro atoms. The van der Waals surface area contributed by atoms with Crippen LogP contribution in [0.15, 0.2) is 29.4 Å². The van der Waals surface area contributed by atoms with Gasteiger partial charge >= 0.3 is 5.97 Å². The molecule has 0 unspecified atom stereocenters. The molecule has 5 heteroatoms. The first-order valence-corrected chi connectivity index (χ1v) is 5.54. The Labute approximate surface area is 92.8 Å². The lowest BCUT2D eigenvalue weighted by atomic mass is 10.5. The second-order valence-corrected chi connectivity index (χ2v) is 4.24. The van der Waals surface area contributed by atoms with Gasteiger partial charge in [0.05, 0.1) is 6.61 Å². The van der Waals surface area contributed by atoms with Crippen molar-refractivity contribution in [2.75, 3.05) is 6.61 Å². The molecule has 15 heavy (non-hydrogen) atoms. The fourth-order valence-corrected chi connectivity index (χ4v) is 1.84. The molecule has 1 heterocycles. The van der Waals surface area contributed by atoms with Gasteiger partial charge in [-0.1, -0.05) is 0 Å². The molecule has 1 aromatic rings. The number of ether oxygens (including phenoxy) is 1. The first-order chi connectivity index (χ1) is 7.15. The smallest absolute Gasteiger partial charge is 0.319 e. The number of nitrogens with zero attached hydrogens (tertiary/aromatic N) is 1. The van der Waals surface area contributed by atoms with Crippen LogP contribution in [-0.2, 0) is 9.53 Å². The van der Waals surface area contributed by atoms with E-state index in [-0.39, 0.29) is 11.2 Å². The van der Waals surface area contributed by atoms with Crippen molar-refractivity contribution in [2.24, 2.45) is 0 Å². The highest BCUT2D eigenvalue weighted by atomic mass is 32.2. The average Bonchev–Trinajstić information content (AvgIpc) is 2.21. The molecule has 0 aliphatic heterocycles. The lowest BCUT2D eigenvalue weighted by Crippen LogP contribution is -2.29. The van der Waals surface area contributed by atoms with Crippen LogP contribution in [0, 0.1) is 5.21 Å². The summed E-state index contributed by atoms with van der Waals surface area (Å²) in [5.41, 5.74) is 0. The van der Waals surface area contributed by atoms with Gasteiger partial charge in [-0.05, 0) is 31.7 Å². The van der Waals surface area contributed by atoms with E-state index in [0.717, 1.165) is 4.73 Å². The Kier molecular flexibility index (Phi) is 4.42. The summed E-state index contributed by atoms with van der Waals surface area (Å²) in [4.78, 5) is 11.3. The van der Waals surface area contributed by atoms with E-state index >= 15 is 0 Å². The second-order valence-electron chi connectivity index (χ2n) is 2.88. The molecule has 4 nitrogen and oxygen atoms in total. The molecule has 0 aromatic carbocycles. The van der Waals surface area contributed by atoms with E-state index in [1.807, 2.05) is 0 Å². The number of carbonyl (C=O) groups excluding carboxylic acids is 1.